The van der Waals surface area contributed by atoms with Crippen molar-refractivity contribution in [1.29, 1.82) is 0 Å². The van der Waals surface area contributed by atoms with Crippen LogP contribution >= 0.6 is 0 Å². The number of benzene rings is 2. The molecule has 0 radical (unpaired) electrons. The molecule has 1 atom stereocenters. The topological polar surface area (TPSA) is 26.3 Å². The van der Waals surface area contributed by atoms with Gasteiger partial charge in [-0.25, -0.2) is 4.79 Å². The van der Waals surface area contributed by atoms with Crippen molar-refractivity contribution in [2.45, 2.75) is 19.4 Å². The molecular formula is C16H14O2. The molecule has 2 aromatic carbocycles. The highest BCUT2D eigenvalue weighted by Crippen LogP contribution is 2.31. The van der Waals surface area contributed by atoms with Crippen LogP contribution in [0.2, 0.25) is 0 Å². The lowest BCUT2D eigenvalue weighted by Gasteiger charge is -2.26. The van der Waals surface area contributed by atoms with Gasteiger partial charge in [-0.2, -0.15) is 0 Å². The summed E-state index contributed by atoms with van der Waals surface area (Å²) in [4.78, 5) is 12.0. The van der Waals surface area contributed by atoms with E-state index >= 15 is 0 Å². The van der Waals surface area contributed by atoms with E-state index in [2.05, 4.69) is 0 Å². The monoisotopic (exact) mass is 238 g/mol. The van der Waals surface area contributed by atoms with E-state index in [9.17, 15) is 4.79 Å². The zero-order chi connectivity index (χ0) is 12.5. The van der Waals surface area contributed by atoms with Crippen molar-refractivity contribution >= 4 is 5.97 Å². The second-order valence-corrected chi connectivity index (χ2v) is 4.61. The molecule has 0 aliphatic carbocycles. The lowest BCUT2D eigenvalue weighted by atomic mass is 9.91. The Hall–Kier alpha value is -2.09. The number of aryl methyl sites for hydroxylation is 1. The van der Waals surface area contributed by atoms with Crippen LogP contribution in [0.15, 0.2) is 48.5 Å². The maximum Gasteiger partial charge on any atom is 0.339 e. The summed E-state index contributed by atoms with van der Waals surface area (Å²) in [5, 5.41) is 0. The number of hydrogen-bond donors (Lipinski definition) is 0. The molecule has 2 nitrogen and oxygen atoms in total. The van der Waals surface area contributed by atoms with Gasteiger partial charge in [-0.1, -0.05) is 42.5 Å². The average molecular weight is 238 g/mol. The molecule has 3 rings (SSSR count). The summed E-state index contributed by atoms with van der Waals surface area (Å²) in [6.07, 6.45) is 0.602. The lowest BCUT2D eigenvalue weighted by Crippen LogP contribution is -2.22. The van der Waals surface area contributed by atoms with Crippen LogP contribution < -0.4 is 0 Å². The first-order chi connectivity index (χ1) is 8.75. The number of ether oxygens (including phenoxy) is 1. The van der Waals surface area contributed by atoms with Crippen LogP contribution in [0.25, 0.3) is 0 Å². The first-order valence-corrected chi connectivity index (χ1v) is 6.10. The van der Waals surface area contributed by atoms with Gasteiger partial charge in [-0.05, 0) is 29.7 Å². The second kappa shape index (κ2) is 4.30. The van der Waals surface area contributed by atoms with Crippen LogP contribution in [0, 0.1) is 6.92 Å². The molecule has 90 valence electrons. The number of cyclic esters (lactones) is 1. The third-order valence-corrected chi connectivity index (χ3v) is 3.44. The van der Waals surface area contributed by atoms with E-state index in [0.29, 0.717) is 5.56 Å². The molecule has 0 fully saturated rings. The van der Waals surface area contributed by atoms with E-state index in [1.807, 2.05) is 55.5 Å². The van der Waals surface area contributed by atoms with E-state index < -0.39 is 0 Å². The van der Waals surface area contributed by atoms with Gasteiger partial charge in [-0.15, -0.1) is 0 Å². The fourth-order valence-electron chi connectivity index (χ4n) is 2.44. The Morgan fingerprint density at radius 3 is 2.61 bits per heavy atom. The lowest BCUT2D eigenvalue weighted by molar-refractivity contribution is 0.0252. The van der Waals surface area contributed by atoms with Crippen molar-refractivity contribution in [3.8, 4) is 0 Å². The van der Waals surface area contributed by atoms with E-state index in [1.54, 1.807) is 0 Å². The van der Waals surface area contributed by atoms with Gasteiger partial charge in [0.05, 0.1) is 5.56 Å². The molecule has 18 heavy (non-hydrogen) atoms. The summed E-state index contributed by atoms with van der Waals surface area (Å²) in [6.45, 7) is 2.04. The third-order valence-electron chi connectivity index (χ3n) is 3.44. The van der Waals surface area contributed by atoms with Gasteiger partial charge < -0.3 is 4.74 Å². The standard InChI is InChI=1S/C16H14O2/c1-11-6-5-9-13-14(11)10-15(18-16(13)17)12-7-3-2-4-8-12/h2-9,15H,10H2,1H3. The van der Waals surface area contributed by atoms with Crippen molar-refractivity contribution in [3.05, 3.63) is 70.8 Å². The summed E-state index contributed by atoms with van der Waals surface area (Å²) in [5.41, 5.74) is 4.04. The number of carbonyl (C=O) groups is 1. The Bertz CT molecular complexity index is 587. The van der Waals surface area contributed by atoms with Crippen LogP contribution in [0.1, 0.15) is 33.2 Å². The number of fused-ring (bicyclic) bond motifs is 1. The number of rotatable bonds is 1. The maximum atomic E-state index is 12.0. The maximum absolute atomic E-state index is 12.0. The van der Waals surface area contributed by atoms with Crippen LogP contribution in [-0.2, 0) is 11.2 Å². The van der Waals surface area contributed by atoms with Crippen molar-refractivity contribution in [3.63, 3.8) is 0 Å². The summed E-state index contributed by atoms with van der Waals surface area (Å²) >= 11 is 0. The Morgan fingerprint density at radius 2 is 1.83 bits per heavy atom. The molecule has 0 saturated carbocycles. The molecule has 0 N–H and O–H groups in total. The summed E-state index contributed by atoms with van der Waals surface area (Å²) in [5.74, 6) is -0.214. The first kappa shape index (κ1) is 11.0. The summed E-state index contributed by atoms with van der Waals surface area (Å²) < 4.78 is 5.51. The predicted molar refractivity (Wildman–Crippen MR) is 69.5 cm³/mol. The van der Waals surface area contributed by atoms with Gasteiger partial charge in [-0.3, -0.25) is 0 Å². The normalized spacial score (nSPS) is 18.1. The summed E-state index contributed by atoms with van der Waals surface area (Å²) in [6, 6.07) is 15.7. The van der Waals surface area contributed by atoms with Gasteiger partial charge in [0.15, 0.2) is 0 Å². The van der Waals surface area contributed by atoms with E-state index in [-0.39, 0.29) is 12.1 Å². The van der Waals surface area contributed by atoms with Crippen LogP contribution in [0.5, 0.6) is 0 Å². The highest BCUT2D eigenvalue weighted by molar-refractivity contribution is 5.92. The third kappa shape index (κ3) is 1.80. The molecule has 1 aliphatic rings. The molecule has 0 bridgehead atoms. The summed E-state index contributed by atoms with van der Waals surface area (Å²) in [7, 11) is 0. The first-order valence-electron chi connectivity index (χ1n) is 6.10. The van der Waals surface area contributed by atoms with E-state index in [4.69, 9.17) is 4.74 Å². The smallest absolute Gasteiger partial charge is 0.339 e. The molecule has 1 unspecified atom stereocenters. The number of esters is 1. The zero-order valence-electron chi connectivity index (χ0n) is 10.2. The largest absolute Gasteiger partial charge is 0.454 e. The Balaban J connectivity index is 2.01. The van der Waals surface area contributed by atoms with Gasteiger partial charge in [0.2, 0.25) is 0 Å². The van der Waals surface area contributed by atoms with E-state index in [0.717, 1.165) is 23.1 Å². The van der Waals surface area contributed by atoms with Gasteiger partial charge in [0.25, 0.3) is 0 Å². The molecular weight excluding hydrogens is 224 g/mol. The number of carbonyl (C=O) groups excluding carboxylic acids is 1. The Labute approximate surface area is 106 Å². The molecule has 2 aromatic rings. The Kier molecular flexibility index (Phi) is 2.63. The highest BCUT2D eigenvalue weighted by Gasteiger charge is 2.27. The van der Waals surface area contributed by atoms with Crippen LogP contribution in [-0.4, -0.2) is 5.97 Å². The second-order valence-electron chi connectivity index (χ2n) is 4.61. The minimum atomic E-state index is -0.214. The SMILES string of the molecule is Cc1cccc2c1CC(c1ccccc1)OC2=O. The van der Waals surface area contributed by atoms with Gasteiger partial charge in [0, 0.05) is 6.42 Å². The van der Waals surface area contributed by atoms with E-state index in [1.165, 1.54) is 0 Å². The fourth-order valence-corrected chi connectivity index (χ4v) is 2.44. The van der Waals surface area contributed by atoms with Crippen molar-refractivity contribution < 1.29 is 9.53 Å². The van der Waals surface area contributed by atoms with Gasteiger partial charge in [0.1, 0.15) is 6.10 Å². The quantitative estimate of drug-likeness (QED) is 0.711. The highest BCUT2D eigenvalue weighted by atomic mass is 16.5. The molecule has 0 saturated heterocycles. The number of hydrogen-bond acceptors (Lipinski definition) is 2. The molecule has 0 aromatic heterocycles. The minimum absolute atomic E-state index is 0.160. The Morgan fingerprint density at radius 1 is 1.06 bits per heavy atom. The zero-order valence-corrected chi connectivity index (χ0v) is 10.2. The molecule has 1 heterocycles. The molecule has 2 heteroatoms. The van der Waals surface area contributed by atoms with Crippen molar-refractivity contribution in [2.75, 3.05) is 0 Å². The minimum Gasteiger partial charge on any atom is -0.454 e. The molecule has 0 spiro atoms. The van der Waals surface area contributed by atoms with Crippen LogP contribution in [0.4, 0.5) is 0 Å². The van der Waals surface area contributed by atoms with Gasteiger partial charge >= 0.3 is 5.97 Å². The van der Waals surface area contributed by atoms with Crippen LogP contribution in [0.3, 0.4) is 0 Å². The average Bonchev–Trinajstić information content (AvgIpc) is 2.41. The molecule has 0 amide bonds. The van der Waals surface area contributed by atoms with Crippen molar-refractivity contribution in [1.82, 2.24) is 0 Å². The fraction of sp³-hybridized carbons (Fsp3) is 0.188. The molecule has 1 aliphatic heterocycles. The van der Waals surface area contributed by atoms with Crippen molar-refractivity contribution in [2.24, 2.45) is 0 Å². The predicted octanol–water partition coefficient (Wildman–Crippen LogP) is 3.45.